The second kappa shape index (κ2) is 6.20. The van der Waals surface area contributed by atoms with E-state index in [1.165, 1.54) is 0 Å². The molecule has 0 fully saturated rings. The Morgan fingerprint density at radius 2 is 2.25 bits per heavy atom. The Balaban J connectivity index is 2.56. The van der Waals surface area contributed by atoms with Gasteiger partial charge < -0.3 is 10.4 Å². The average molecular weight is 333 g/mol. The van der Waals surface area contributed by atoms with E-state index in [0.29, 0.717) is 18.5 Å². The number of halogens is 1. The molecule has 1 unspecified atom stereocenters. The van der Waals surface area contributed by atoms with Crippen molar-refractivity contribution in [1.82, 2.24) is 5.32 Å². The van der Waals surface area contributed by atoms with Crippen LogP contribution in [-0.2, 0) is 0 Å². The number of aliphatic hydroxyl groups excluding tert-OH is 1. The maximum Gasteiger partial charge on any atom is 0.251 e. The van der Waals surface area contributed by atoms with Crippen LogP contribution in [-0.4, -0.2) is 23.7 Å². The van der Waals surface area contributed by atoms with Gasteiger partial charge in [-0.1, -0.05) is 0 Å². The summed E-state index contributed by atoms with van der Waals surface area (Å²) in [5, 5.41) is 11.8. The molecule has 1 amide bonds. The molecule has 0 saturated carbocycles. The quantitative estimate of drug-likeness (QED) is 0.829. The van der Waals surface area contributed by atoms with Gasteiger partial charge >= 0.3 is 0 Å². The van der Waals surface area contributed by atoms with Gasteiger partial charge in [0.25, 0.3) is 5.91 Å². The van der Waals surface area contributed by atoms with E-state index in [0.717, 1.165) is 9.13 Å². The molecule has 0 radical (unpaired) electrons. The van der Waals surface area contributed by atoms with Crippen LogP contribution in [0.3, 0.4) is 0 Å². The van der Waals surface area contributed by atoms with Crippen molar-refractivity contribution in [1.29, 1.82) is 0 Å². The molecule has 88 valence electrons. The van der Waals surface area contributed by atoms with Gasteiger partial charge in [0, 0.05) is 15.7 Å². The third-order valence-corrected chi connectivity index (χ3v) is 3.48. The van der Waals surface area contributed by atoms with Crippen molar-refractivity contribution >= 4 is 28.5 Å². The summed E-state index contributed by atoms with van der Waals surface area (Å²) in [6.45, 7) is 4.19. The van der Waals surface area contributed by atoms with Crippen LogP contribution in [0.4, 0.5) is 0 Å². The van der Waals surface area contributed by atoms with Crippen LogP contribution in [0, 0.1) is 10.5 Å². The largest absolute Gasteiger partial charge is 0.393 e. The fraction of sp³-hybridized carbons (Fsp3) is 0.417. The van der Waals surface area contributed by atoms with Gasteiger partial charge in [-0.05, 0) is 66.6 Å². The van der Waals surface area contributed by atoms with E-state index >= 15 is 0 Å². The van der Waals surface area contributed by atoms with Crippen LogP contribution >= 0.6 is 22.6 Å². The van der Waals surface area contributed by atoms with E-state index in [9.17, 15) is 4.79 Å². The second-order valence-electron chi connectivity index (χ2n) is 3.86. The van der Waals surface area contributed by atoms with Crippen LogP contribution in [0.5, 0.6) is 0 Å². The summed E-state index contributed by atoms with van der Waals surface area (Å²) in [5.74, 6) is -0.0832. The molecule has 0 aliphatic rings. The summed E-state index contributed by atoms with van der Waals surface area (Å²) in [5.41, 5.74) is 1.77. The molecule has 0 saturated heterocycles. The van der Waals surface area contributed by atoms with Gasteiger partial charge in [0.1, 0.15) is 0 Å². The first kappa shape index (κ1) is 13.4. The topological polar surface area (TPSA) is 49.3 Å². The highest BCUT2D eigenvalue weighted by Crippen LogP contribution is 2.13. The Morgan fingerprint density at radius 3 is 2.81 bits per heavy atom. The molecule has 0 spiro atoms. The molecule has 0 heterocycles. The third kappa shape index (κ3) is 4.09. The van der Waals surface area contributed by atoms with Gasteiger partial charge in [-0.2, -0.15) is 0 Å². The number of benzene rings is 1. The highest BCUT2D eigenvalue weighted by Gasteiger charge is 2.06. The number of aliphatic hydroxyl groups is 1. The van der Waals surface area contributed by atoms with Crippen molar-refractivity contribution in [3.63, 3.8) is 0 Å². The van der Waals surface area contributed by atoms with Crippen LogP contribution < -0.4 is 5.32 Å². The lowest BCUT2D eigenvalue weighted by atomic mass is 10.1. The van der Waals surface area contributed by atoms with Crippen LogP contribution in [0.2, 0.25) is 0 Å². The first-order valence-corrected chi connectivity index (χ1v) is 6.31. The highest BCUT2D eigenvalue weighted by atomic mass is 127. The zero-order valence-electron chi connectivity index (χ0n) is 9.46. The van der Waals surface area contributed by atoms with Gasteiger partial charge in [-0.15, -0.1) is 0 Å². The summed E-state index contributed by atoms with van der Waals surface area (Å²) in [4.78, 5) is 11.7. The molecule has 2 N–H and O–H groups in total. The van der Waals surface area contributed by atoms with Crippen molar-refractivity contribution in [2.45, 2.75) is 26.4 Å². The number of aryl methyl sites for hydroxylation is 1. The summed E-state index contributed by atoms with van der Waals surface area (Å²) < 4.78 is 1.15. The molecule has 0 aliphatic carbocycles. The van der Waals surface area contributed by atoms with Crippen molar-refractivity contribution in [2.75, 3.05) is 6.54 Å². The van der Waals surface area contributed by atoms with Crippen LogP contribution in [0.25, 0.3) is 0 Å². The minimum absolute atomic E-state index is 0.0832. The lowest BCUT2D eigenvalue weighted by molar-refractivity contribution is 0.0945. The fourth-order valence-corrected chi connectivity index (χ4v) is 1.62. The molecule has 1 atom stereocenters. The van der Waals surface area contributed by atoms with Crippen molar-refractivity contribution in [2.24, 2.45) is 0 Å². The summed E-state index contributed by atoms with van der Waals surface area (Å²) in [7, 11) is 0. The van der Waals surface area contributed by atoms with Gasteiger partial charge in [-0.25, -0.2) is 0 Å². The number of amides is 1. The van der Waals surface area contributed by atoms with Crippen LogP contribution in [0.15, 0.2) is 18.2 Å². The van der Waals surface area contributed by atoms with Gasteiger partial charge in [-0.3, -0.25) is 4.79 Å². The smallest absolute Gasteiger partial charge is 0.251 e. The molecule has 1 aromatic carbocycles. The zero-order chi connectivity index (χ0) is 12.1. The van der Waals surface area contributed by atoms with E-state index in [1.54, 1.807) is 6.92 Å². The summed E-state index contributed by atoms with van der Waals surface area (Å²) >= 11 is 2.24. The van der Waals surface area contributed by atoms with Crippen molar-refractivity contribution in [3.8, 4) is 0 Å². The third-order valence-electron chi connectivity index (χ3n) is 2.27. The Morgan fingerprint density at radius 1 is 1.56 bits per heavy atom. The lowest BCUT2D eigenvalue weighted by Crippen LogP contribution is -2.26. The second-order valence-corrected chi connectivity index (χ2v) is 5.02. The molecule has 1 aromatic rings. The summed E-state index contributed by atoms with van der Waals surface area (Å²) in [6.07, 6.45) is 0.202. The summed E-state index contributed by atoms with van der Waals surface area (Å²) in [6, 6.07) is 5.62. The maximum absolute atomic E-state index is 11.7. The number of hydrogen-bond acceptors (Lipinski definition) is 2. The number of hydrogen-bond donors (Lipinski definition) is 2. The molecule has 0 aliphatic heterocycles. The molecule has 4 heteroatoms. The van der Waals surface area contributed by atoms with E-state index in [2.05, 4.69) is 27.9 Å². The maximum atomic E-state index is 11.7. The number of nitrogens with one attached hydrogen (secondary N) is 1. The van der Waals surface area contributed by atoms with Gasteiger partial charge in [0.2, 0.25) is 0 Å². The van der Waals surface area contributed by atoms with E-state index in [4.69, 9.17) is 5.11 Å². The minimum Gasteiger partial charge on any atom is -0.393 e. The molecular weight excluding hydrogens is 317 g/mol. The lowest BCUT2D eigenvalue weighted by Gasteiger charge is -2.07. The highest BCUT2D eigenvalue weighted by molar-refractivity contribution is 14.1. The first-order valence-electron chi connectivity index (χ1n) is 5.23. The van der Waals surface area contributed by atoms with Gasteiger partial charge in [0.15, 0.2) is 0 Å². The number of carbonyl (C=O) groups excluding carboxylic acids is 1. The van der Waals surface area contributed by atoms with Crippen molar-refractivity contribution in [3.05, 3.63) is 32.9 Å². The molecular formula is C12H16INO2. The predicted molar refractivity (Wildman–Crippen MR) is 72.5 cm³/mol. The van der Waals surface area contributed by atoms with Crippen LogP contribution in [0.1, 0.15) is 29.3 Å². The minimum atomic E-state index is -0.376. The Bertz CT molecular complexity index is 377. The molecule has 0 aromatic heterocycles. The monoisotopic (exact) mass is 333 g/mol. The normalized spacial score (nSPS) is 12.2. The van der Waals surface area contributed by atoms with Crippen molar-refractivity contribution < 1.29 is 9.90 Å². The van der Waals surface area contributed by atoms with E-state index in [-0.39, 0.29) is 12.0 Å². The SMILES string of the molecule is Cc1cc(C(=O)NCCC(C)O)ccc1I. The molecule has 0 bridgehead atoms. The molecule has 16 heavy (non-hydrogen) atoms. The Kier molecular flexibility index (Phi) is 5.21. The molecule has 3 nitrogen and oxygen atoms in total. The standard InChI is InChI=1S/C12H16INO2/c1-8-7-10(3-4-11(8)13)12(16)14-6-5-9(2)15/h3-4,7,9,15H,5-6H2,1-2H3,(H,14,16). The fourth-order valence-electron chi connectivity index (χ4n) is 1.28. The zero-order valence-corrected chi connectivity index (χ0v) is 11.6. The molecule has 1 rings (SSSR count). The Labute approximate surface area is 109 Å². The predicted octanol–water partition coefficient (Wildman–Crippen LogP) is 2.10. The van der Waals surface area contributed by atoms with Gasteiger partial charge in [0.05, 0.1) is 6.10 Å². The first-order chi connectivity index (χ1) is 7.50. The Hall–Kier alpha value is -0.620. The number of rotatable bonds is 4. The van der Waals surface area contributed by atoms with E-state index < -0.39 is 0 Å². The van der Waals surface area contributed by atoms with E-state index in [1.807, 2.05) is 25.1 Å². The average Bonchev–Trinajstić information content (AvgIpc) is 2.21. The number of carbonyl (C=O) groups is 1.